The summed E-state index contributed by atoms with van der Waals surface area (Å²) >= 11 is 5.98. The van der Waals surface area contributed by atoms with E-state index < -0.39 is 0 Å². The number of nitrogens with zero attached hydrogens (tertiary/aromatic N) is 4. The Kier molecular flexibility index (Phi) is 4.29. The second-order valence-corrected chi connectivity index (χ2v) is 5.82. The largest absolute Gasteiger partial charge is 0.358 e. The normalized spacial score (nSPS) is 11.0. The van der Waals surface area contributed by atoms with E-state index in [-0.39, 0.29) is 0 Å². The molecule has 0 unspecified atom stereocenters. The highest BCUT2D eigenvalue weighted by atomic mass is 35.5. The third-order valence-corrected chi connectivity index (χ3v) is 4.00. The molecule has 0 aliphatic heterocycles. The van der Waals surface area contributed by atoms with E-state index in [1.54, 1.807) is 0 Å². The average Bonchev–Trinajstić information content (AvgIpc) is 2.93. The lowest BCUT2D eigenvalue weighted by Crippen LogP contribution is -2.19. The van der Waals surface area contributed by atoms with Gasteiger partial charge in [0.1, 0.15) is 0 Å². The predicted octanol–water partition coefficient (Wildman–Crippen LogP) is 4.31. The summed E-state index contributed by atoms with van der Waals surface area (Å²) in [5.74, 6) is 0.987. The lowest BCUT2D eigenvalue weighted by Gasteiger charge is -2.15. The molecule has 0 fully saturated rings. The first kappa shape index (κ1) is 14.9. The summed E-state index contributed by atoms with van der Waals surface area (Å²) in [5.41, 5.74) is 1.99. The molecule has 114 valence electrons. The molecule has 22 heavy (non-hydrogen) atoms. The molecule has 0 spiro atoms. The maximum absolute atomic E-state index is 5.98. The zero-order chi connectivity index (χ0) is 15.5. The maximum atomic E-state index is 5.98. The lowest BCUT2D eigenvalue weighted by molar-refractivity contribution is 0.752. The summed E-state index contributed by atoms with van der Waals surface area (Å²) in [4.78, 5) is 6.45. The van der Waals surface area contributed by atoms with Crippen molar-refractivity contribution in [3.05, 3.63) is 47.7 Å². The van der Waals surface area contributed by atoms with Gasteiger partial charge in [-0.2, -0.15) is 0 Å². The zero-order valence-corrected chi connectivity index (χ0v) is 13.6. The van der Waals surface area contributed by atoms with Crippen molar-refractivity contribution in [3.8, 4) is 5.69 Å². The topological polar surface area (TPSA) is 34.0 Å². The van der Waals surface area contributed by atoms with Crippen LogP contribution in [0.3, 0.4) is 0 Å². The number of unbranched alkanes of at least 4 members (excludes halogenated alkanes) is 1. The highest BCUT2D eigenvalue weighted by Gasteiger charge is 2.14. The van der Waals surface area contributed by atoms with Crippen molar-refractivity contribution in [1.29, 1.82) is 0 Å². The first-order chi connectivity index (χ1) is 10.7. The van der Waals surface area contributed by atoms with Gasteiger partial charge in [0.2, 0.25) is 0 Å². The summed E-state index contributed by atoms with van der Waals surface area (Å²) < 4.78 is 1.93. The number of rotatable bonds is 5. The standard InChI is InChI=1S/C17H19ClN4/c1-3-4-11-21(2)17-15-9-10-19-12-16(15)22(20-17)14-7-5-13(18)6-8-14/h5-10,12H,3-4,11H2,1-2H3. The van der Waals surface area contributed by atoms with E-state index in [1.807, 2.05) is 47.4 Å². The molecule has 3 aromatic rings. The molecule has 3 rings (SSSR count). The minimum atomic E-state index is 0.721. The predicted molar refractivity (Wildman–Crippen MR) is 92.1 cm³/mol. The number of anilines is 1. The fourth-order valence-electron chi connectivity index (χ4n) is 2.51. The molecule has 2 aromatic heterocycles. The van der Waals surface area contributed by atoms with Gasteiger partial charge in [-0.3, -0.25) is 4.98 Å². The Balaban J connectivity index is 2.09. The number of hydrogen-bond donors (Lipinski definition) is 0. The molecule has 0 aliphatic carbocycles. The van der Waals surface area contributed by atoms with Gasteiger partial charge in [0, 0.05) is 30.2 Å². The van der Waals surface area contributed by atoms with Crippen LogP contribution in [0.2, 0.25) is 5.02 Å². The highest BCUT2D eigenvalue weighted by Crippen LogP contribution is 2.27. The van der Waals surface area contributed by atoms with E-state index in [0.717, 1.165) is 40.4 Å². The molecule has 0 amide bonds. The van der Waals surface area contributed by atoms with E-state index in [1.165, 1.54) is 6.42 Å². The highest BCUT2D eigenvalue weighted by molar-refractivity contribution is 6.30. The number of pyridine rings is 1. The molecule has 0 aliphatic rings. The van der Waals surface area contributed by atoms with Crippen molar-refractivity contribution in [3.63, 3.8) is 0 Å². The van der Waals surface area contributed by atoms with E-state index in [2.05, 4.69) is 23.9 Å². The van der Waals surface area contributed by atoms with Crippen molar-refractivity contribution in [2.75, 3.05) is 18.5 Å². The Labute approximate surface area is 135 Å². The number of halogens is 1. The molecule has 0 saturated carbocycles. The molecule has 0 atom stereocenters. The minimum Gasteiger partial charge on any atom is -0.358 e. The summed E-state index contributed by atoms with van der Waals surface area (Å²) in [5, 5.41) is 6.64. The van der Waals surface area contributed by atoms with E-state index in [4.69, 9.17) is 16.7 Å². The Bertz CT molecular complexity index is 764. The fraction of sp³-hybridized carbons (Fsp3) is 0.294. The molecule has 0 saturated heterocycles. The first-order valence-corrected chi connectivity index (χ1v) is 7.88. The van der Waals surface area contributed by atoms with Crippen molar-refractivity contribution in [2.24, 2.45) is 0 Å². The second kappa shape index (κ2) is 6.36. The van der Waals surface area contributed by atoms with Gasteiger partial charge in [0.25, 0.3) is 0 Å². The van der Waals surface area contributed by atoms with Gasteiger partial charge in [0.05, 0.1) is 17.4 Å². The number of aromatic nitrogens is 3. The maximum Gasteiger partial charge on any atom is 0.158 e. The van der Waals surface area contributed by atoms with Crippen molar-refractivity contribution in [1.82, 2.24) is 14.8 Å². The molecule has 0 N–H and O–H groups in total. The van der Waals surface area contributed by atoms with Gasteiger partial charge in [0.15, 0.2) is 5.82 Å². The van der Waals surface area contributed by atoms with Gasteiger partial charge in [-0.05, 0) is 36.8 Å². The van der Waals surface area contributed by atoms with E-state index in [0.29, 0.717) is 0 Å². The zero-order valence-electron chi connectivity index (χ0n) is 12.8. The van der Waals surface area contributed by atoms with Crippen molar-refractivity contribution >= 4 is 28.3 Å². The van der Waals surface area contributed by atoms with Crippen LogP contribution in [0, 0.1) is 0 Å². The van der Waals surface area contributed by atoms with Crippen LogP contribution in [-0.4, -0.2) is 28.4 Å². The number of hydrogen-bond acceptors (Lipinski definition) is 3. The molecule has 0 bridgehead atoms. The van der Waals surface area contributed by atoms with Crippen LogP contribution in [-0.2, 0) is 0 Å². The molecular formula is C17H19ClN4. The third kappa shape index (κ3) is 2.79. The number of benzene rings is 1. The van der Waals surface area contributed by atoms with Crippen LogP contribution in [0.25, 0.3) is 16.6 Å². The van der Waals surface area contributed by atoms with Crippen LogP contribution >= 0.6 is 11.6 Å². The quantitative estimate of drug-likeness (QED) is 0.703. The summed E-state index contributed by atoms with van der Waals surface area (Å²) in [6, 6.07) is 9.71. The third-order valence-electron chi connectivity index (χ3n) is 3.74. The summed E-state index contributed by atoms with van der Waals surface area (Å²) in [6.45, 7) is 3.19. The van der Waals surface area contributed by atoms with Gasteiger partial charge in [-0.15, -0.1) is 5.10 Å². The Morgan fingerprint density at radius 3 is 2.68 bits per heavy atom. The van der Waals surface area contributed by atoms with Crippen LogP contribution in [0.15, 0.2) is 42.7 Å². The van der Waals surface area contributed by atoms with Crippen LogP contribution in [0.4, 0.5) is 5.82 Å². The van der Waals surface area contributed by atoms with Crippen molar-refractivity contribution in [2.45, 2.75) is 19.8 Å². The lowest BCUT2D eigenvalue weighted by atomic mass is 10.2. The van der Waals surface area contributed by atoms with Crippen LogP contribution in [0.1, 0.15) is 19.8 Å². The smallest absolute Gasteiger partial charge is 0.158 e. The molecule has 4 nitrogen and oxygen atoms in total. The van der Waals surface area contributed by atoms with Gasteiger partial charge in [-0.25, -0.2) is 4.68 Å². The Morgan fingerprint density at radius 1 is 1.18 bits per heavy atom. The molecular weight excluding hydrogens is 296 g/mol. The van der Waals surface area contributed by atoms with Gasteiger partial charge < -0.3 is 4.90 Å². The average molecular weight is 315 g/mol. The molecule has 0 radical (unpaired) electrons. The van der Waals surface area contributed by atoms with E-state index >= 15 is 0 Å². The van der Waals surface area contributed by atoms with Crippen LogP contribution < -0.4 is 4.90 Å². The summed E-state index contributed by atoms with van der Waals surface area (Å²) in [6.07, 6.45) is 5.99. The Hall–Kier alpha value is -2.07. The number of fused-ring (bicyclic) bond motifs is 1. The minimum absolute atomic E-state index is 0.721. The SMILES string of the molecule is CCCCN(C)c1nn(-c2ccc(Cl)cc2)c2cnccc12. The molecule has 5 heteroatoms. The van der Waals surface area contributed by atoms with Gasteiger partial charge >= 0.3 is 0 Å². The Morgan fingerprint density at radius 2 is 1.95 bits per heavy atom. The van der Waals surface area contributed by atoms with E-state index in [9.17, 15) is 0 Å². The van der Waals surface area contributed by atoms with Crippen LogP contribution in [0.5, 0.6) is 0 Å². The first-order valence-electron chi connectivity index (χ1n) is 7.50. The second-order valence-electron chi connectivity index (χ2n) is 5.38. The monoisotopic (exact) mass is 314 g/mol. The molecule has 2 heterocycles. The summed E-state index contributed by atoms with van der Waals surface area (Å²) in [7, 11) is 2.09. The van der Waals surface area contributed by atoms with Gasteiger partial charge in [-0.1, -0.05) is 24.9 Å². The van der Waals surface area contributed by atoms with Crippen molar-refractivity contribution < 1.29 is 0 Å². The fourth-order valence-corrected chi connectivity index (χ4v) is 2.63. The molecule has 1 aromatic carbocycles.